The largest absolute Gasteiger partial charge is 0.466 e. The lowest BCUT2D eigenvalue weighted by atomic mass is 9.93. The molecule has 14 nitrogen and oxygen atoms in total. The number of aliphatic hydroxyl groups is 4. The second-order valence-corrected chi connectivity index (χ2v) is 5.08. The zero-order chi connectivity index (χ0) is 18.7. The monoisotopic (exact) mass is 360 g/mol. The molecule has 1 rings (SSSR count). The van der Waals surface area contributed by atoms with Crippen molar-refractivity contribution in [3.8, 4) is 0 Å². The van der Waals surface area contributed by atoms with Gasteiger partial charge in [-0.15, -0.1) is 0 Å². The molecule has 0 fully saturated rings. The predicted molar refractivity (Wildman–Crippen MR) is 78.1 cm³/mol. The first-order valence-corrected chi connectivity index (χ1v) is 7.23. The lowest BCUT2D eigenvalue weighted by molar-refractivity contribution is -0.0328. The first-order chi connectivity index (χ1) is 10.4. The number of nitrogens with two attached hydrogens (primary N) is 3. The van der Waals surface area contributed by atoms with E-state index in [1.54, 1.807) is 0 Å². The maximum absolute atomic E-state index is 8.88. The smallest absolute Gasteiger partial charge is 0.396 e. The molecule has 0 atom stereocenters. The maximum atomic E-state index is 8.88. The molecule has 0 spiro atoms. The van der Waals surface area contributed by atoms with Crippen LogP contribution in [-0.4, -0.2) is 76.5 Å². The van der Waals surface area contributed by atoms with E-state index in [1.165, 1.54) is 0 Å². The number of aliphatic hydroxyl groups excluding tert-OH is 4. The molecule has 15 heteroatoms. The Morgan fingerprint density at radius 2 is 0.913 bits per heavy atom. The highest BCUT2D eigenvalue weighted by Crippen LogP contribution is 2.25. The molecule has 0 amide bonds. The summed E-state index contributed by atoms with van der Waals surface area (Å²) in [6.07, 6.45) is 0. The van der Waals surface area contributed by atoms with Crippen LogP contribution in [0.3, 0.4) is 0 Å². The topological polar surface area (TPSA) is 275 Å². The van der Waals surface area contributed by atoms with E-state index in [4.69, 9.17) is 56.9 Å². The fourth-order valence-electron chi connectivity index (χ4n) is 0.727. The van der Waals surface area contributed by atoms with Crippen molar-refractivity contribution in [1.82, 2.24) is 15.0 Å². The van der Waals surface area contributed by atoms with E-state index in [0.717, 1.165) is 0 Å². The Balaban J connectivity index is 0. The summed E-state index contributed by atoms with van der Waals surface area (Å²) in [5.41, 5.74) is 14.3. The van der Waals surface area contributed by atoms with Crippen molar-refractivity contribution in [3.05, 3.63) is 0 Å². The van der Waals surface area contributed by atoms with E-state index in [2.05, 4.69) is 15.0 Å². The van der Waals surface area contributed by atoms with Crippen LogP contribution >= 0.6 is 7.82 Å². The lowest BCUT2D eigenvalue weighted by Gasteiger charge is -2.23. The van der Waals surface area contributed by atoms with Gasteiger partial charge >= 0.3 is 7.82 Å². The second kappa shape index (κ2) is 11.0. The van der Waals surface area contributed by atoms with Crippen LogP contribution < -0.4 is 17.2 Å². The van der Waals surface area contributed by atoms with Crippen molar-refractivity contribution in [1.29, 1.82) is 0 Å². The molecular weight excluding hydrogens is 339 g/mol. The Kier molecular flexibility index (Phi) is 11.3. The second-order valence-electron chi connectivity index (χ2n) is 4.06. The summed E-state index contributed by atoms with van der Waals surface area (Å²) in [6.45, 7) is -1.62. The first-order valence-electron chi connectivity index (χ1n) is 5.67. The van der Waals surface area contributed by atoms with Crippen LogP contribution in [0.1, 0.15) is 0 Å². The first kappa shape index (κ1) is 23.6. The third-order valence-corrected chi connectivity index (χ3v) is 2.03. The number of nitrogen functional groups attached to an aromatic ring is 3. The maximum Gasteiger partial charge on any atom is 0.466 e. The molecule has 0 aliphatic carbocycles. The standard InChI is InChI=1S/C5H12O4.C3H6N6.H3O4P/c6-1-5(2-7,3-8)4-9;4-1-7-2(5)9-3(6)8-1;1-5(2,3)4/h6-9H,1-4H2;(H6,4,5,6,7,8,9);(H3,1,2,3,4). The van der Waals surface area contributed by atoms with Gasteiger partial charge in [-0.3, -0.25) is 0 Å². The minimum atomic E-state index is -4.64. The van der Waals surface area contributed by atoms with Crippen molar-refractivity contribution in [2.24, 2.45) is 5.41 Å². The number of hydrogen-bond acceptors (Lipinski definition) is 11. The highest BCUT2D eigenvalue weighted by molar-refractivity contribution is 7.45. The van der Waals surface area contributed by atoms with Gasteiger partial charge in [0, 0.05) is 0 Å². The summed E-state index contributed by atoms with van der Waals surface area (Å²) < 4.78 is 8.88. The van der Waals surface area contributed by atoms with Crippen LogP contribution in [0.2, 0.25) is 0 Å². The van der Waals surface area contributed by atoms with E-state index in [1.807, 2.05) is 0 Å². The number of hydrogen-bond donors (Lipinski definition) is 10. The zero-order valence-electron chi connectivity index (χ0n) is 11.9. The molecule has 0 aliphatic heterocycles. The van der Waals surface area contributed by atoms with E-state index in [-0.39, 0.29) is 17.8 Å². The number of rotatable bonds is 4. The zero-order valence-corrected chi connectivity index (χ0v) is 12.8. The van der Waals surface area contributed by atoms with Gasteiger partial charge in [-0.25, -0.2) is 4.57 Å². The van der Waals surface area contributed by atoms with Crippen LogP contribution in [0.25, 0.3) is 0 Å². The van der Waals surface area contributed by atoms with Crippen LogP contribution in [0.5, 0.6) is 0 Å². The van der Waals surface area contributed by atoms with Crippen molar-refractivity contribution in [2.45, 2.75) is 0 Å². The Morgan fingerprint density at radius 1 is 0.739 bits per heavy atom. The van der Waals surface area contributed by atoms with Crippen LogP contribution in [0.15, 0.2) is 0 Å². The summed E-state index contributed by atoms with van der Waals surface area (Å²) in [5.74, 6) is 0.125. The molecule has 0 unspecified atom stereocenters. The Labute approximate surface area is 130 Å². The number of nitrogens with zero attached hydrogens (tertiary/aromatic N) is 3. The summed E-state index contributed by atoms with van der Waals surface area (Å²) >= 11 is 0. The quantitative estimate of drug-likeness (QED) is 0.227. The van der Waals surface area contributed by atoms with Crippen LogP contribution in [0, 0.1) is 5.41 Å². The van der Waals surface area contributed by atoms with Crippen LogP contribution in [-0.2, 0) is 4.57 Å². The Bertz CT molecular complexity index is 419. The SMILES string of the molecule is Nc1nc(N)nc(N)n1.O=P(O)(O)O.OCC(CO)(CO)CO. The Hall–Kier alpha value is -1.64. The molecule has 0 radical (unpaired) electrons. The average molecular weight is 360 g/mol. The van der Waals surface area contributed by atoms with E-state index in [9.17, 15) is 0 Å². The molecule has 23 heavy (non-hydrogen) atoms. The molecule has 0 saturated heterocycles. The van der Waals surface area contributed by atoms with Gasteiger partial charge in [0.15, 0.2) is 0 Å². The summed E-state index contributed by atoms with van der Waals surface area (Å²) in [5, 5.41) is 34.0. The molecule has 0 bridgehead atoms. The molecule has 13 N–H and O–H groups in total. The third kappa shape index (κ3) is 13.7. The number of phosphoric acid groups is 1. The molecule has 1 aromatic rings. The van der Waals surface area contributed by atoms with Gasteiger partial charge in [0.25, 0.3) is 0 Å². The fraction of sp³-hybridized carbons (Fsp3) is 0.625. The number of aromatic nitrogens is 3. The van der Waals surface area contributed by atoms with Gasteiger partial charge in [-0.1, -0.05) is 0 Å². The van der Waals surface area contributed by atoms with Gasteiger partial charge < -0.3 is 52.3 Å². The lowest BCUT2D eigenvalue weighted by Crippen LogP contribution is -2.37. The Morgan fingerprint density at radius 3 is 1.00 bits per heavy atom. The van der Waals surface area contributed by atoms with Crippen molar-refractivity contribution >= 4 is 25.7 Å². The predicted octanol–water partition coefficient (Wildman–Crippen LogP) is -4.37. The normalized spacial score (nSPS) is 10.9. The molecular formula is C8H21N6O8P. The van der Waals surface area contributed by atoms with Crippen molar-refractivity contribution in [2.75, 3.05) is 43.6 Å². The third-order valence-electron chi connectivity index (χ3n) is 2.03. The molecule has 0 aliphatic rings. The molecule has 136 valence electrons. The van der Waals surface area contributed by atoms with Crippen molar-refractivity contribution < 1.29 is 39.7 Å². The van der Waals surface area contributed by atoms with Gasteiger partial charge in [0.1, 0.15) is 0 Å². The molecule has 0 saturated carbocycles. The van der Waals surface area contributed by atoms with E-state index >= 15 is 0 Å². The minimum Gasteiger partial charge on any atom is -0.396 e. The minimum absolute atomic E-state index is 0.0417. The summed E-state index contributed by atoms with van der Waals surface area (Å²) in [6, 6.07) is 0. The van der Waals surface area contributed by atoms with Crippen LogP contribution in [0.4, 0.5) is 17.8 Å². The molecule has 1 heterocycles. The number of anilines is 3. The molecule has 1 aromatic heterocycles. The van der Waals surface area contributed by atoms with Gasteiger partial charge in [-0.2, -0.15) is 15.0 Å². The highest BCUT2D eigenvalue weighted by Gasteiger charge is 2.26. The summed E-state index contributed by atoms with van der Waals surface area (Å²) in [4.78, 5) is 32.0. The average Bonchev–Trinajstić information content (AvgIpc) is 2.39. The van der Waals surface area contributed by atoms with Gasteiger partial charge in [0.05, 0.1) is 31.8 Å². The molecule has 0 aromatic carbocycles. The summed E-state index contributed by atoms with van der Waals surface area (Å²) in [7, 11) is -4.64. The fourth-order valence-corrected chi connectivity index (χ4v) is 0.727. The van der Waals surface area contributed by atoms with Crippen molar-refractivity contribution in [3.63, 3.8) is 0 Å². The van der Waals surface area contributed by atoms with Gasteiger partial charge in [0.2, 0.25) is 17.8 Å². The van der Waals surface area contributed by atoms with Gasteiger partial charge in [-0.05, 0) is 0 Å². The van der Waals surface area contributed by atoms with E-state index < -0.39 is 39.7 Å². The van der Waals surface area contributed by atoms with E-state index in [0.29, 0.717) is 0 Å². The highest BCUT2D eigenvalue weighted by atomic mass is 31.2.